The molecule has 1 atom stereocenters. The molecule has 2 aliphatic rings. The predicted octanol–water partition coefficient (Wildman–Crippen LogP) is 2.33. The van der Waals surface area contributed by atoms with Gasteiger partial charge in [0.25, 0.3) is 0 Å². The lowest BCUT2D eigenvalue weighted by molar-refractivity contribution is 0.0730. The van der Waals surface area contributed by atoms with Crippen molar-refractivity contribution in [1.29, 1.82) is 0 Å². The quantitative estimate of drug-likeness (QED) is 0.816. The molecule has 3 rings (SSSR count). The number of nitrogens with zero attached hydrogens (tertiary/aromatic N) is 2. The molecule has 0 radical (unpaired) electrons. The van der Waals surface area contributed by atoms with Crippen LogP contribution in [0.15, 0.2) is 29.2 Å². The Labute approximate surface area is 145 Å². The zero-order valence-corrected chi connectivity index (χ0v) is 15.5. The Morgan fingerprint density at radius 1 is 1.21 bits per heavy atom. The topological polar surface area (TPSA) is 49.9 Å². The molecule has 0 N–H and O–H groups in total. The van der Waals surface area contributed by atoms with Gasteiger partial charge in [0.1, 0.15) is 0 Å². The van der Waals surface area contributed by atoms with Gasteiger partial charge in [-0.15, -0.1) is 0 Å². The molecule has 1 aromatic rings. The molecule has 0 aromatic heterocycles. The van der Waals surface area contributed by atoms with Gasteiger partial charge in [0.05, 0.1) is 18.1 Å². The fourth-order valence-electron chi connectivity index (χ4n) is 3.78. The van der Waals surface area contributed by atoms with Crippen LogP contribution >= 0.6 is 0 Å². The van der Waals surface area contributed by atoms with E-state index in [1.807, 2.05) is 18.2 Å². The number of likely N-dealkylation sites (tertiary alicyclic amines) is 1. The van der Waals surface area contributed by atoms with E-state index in [0.29, 0.717) is 43.2 Å². The van der Waals surface area contributed by atoms with Crippen LogP contribution in [0.5, 0.6) is 0 Å². The van der Waals surface area contributed by atoms with Crippen LogP contribution < -0.4 is 0 Å². The number of benzene rings is 1. The van der Waals surface area contributed by atoms with Gasteiger partial charge in [-0.1, -0.05) is 26.0 Å². The van der Waals surface area contributed by atoms with Crippen LogP contribution in [-0.2, 0) is 21.3 Å². The highest BCUT2D eigenvalue weighted by molar-refractivity contribution is 7.89. The lowest BCUT2D eigenvalue weighted by atomic mass is 10.0. The second-order valence-corrected chi connectivity index (χ2v) is 9.03. The van der Waals surface area contributed by atoms with Crippen LogP contribution in [0.4, 0.5) is 0 Å². The zero-order valence-electron chi connectivity index (χ0n) is 14.6. The minimum absolute atomic E-state index is 0.405. The Morgan fingerprint density at radius 2 is 1.96 bits per heavy atom. The van der Waals surface area contributed by atoms with Crippen LogP contribution in [0.3, 0.4) is 0 Å². The minimum atomic E-state index is -3.41. The molecule has 0 aliphatic carbocycles. The SMILES string of the molecule is CC(C)C1CCCN1Cc1cccc(S(=O)(=O)N2CCOCC2)c1. The highest BCUT2D eigenvalue weighted by Gasteiger charge is 2.29. The average Bonchev–Trinajstić information content (AvgIpc) is 3.04. The smallest absolute Gasteiger partial charge is 0.243 e. The molecule has 2 saturated heterocycles. The van der Waals surface area contributed by atoms with Crippen LogP contribution in [0, 0.1) is 5.92 Å². The molecule has 0 bridgehead atoms. The van der Waals surface area contributed by atoms with Crippen molar-refractivity contribution >= 4 is 10.0 Å². The van der Waals surface area contributed by atoms with Gasteiger partial charge in [0, 0.05) is 25.7 Å². The van der Waals surface area contributed by atoms with E-state index >= 15 is 0 Å². The molecular formula is C18H28N2O3S. The van der Waals surface area contributed by atoms with Gasteiger partial charge >= 0.3 is 0 Å². The Kier molecular flexibility index (Phi) is 5.59. The second kappa shape index (κ2) is 7.52. The second-order valence-electron chi connectivity index (χ2n) is 7.09. The van der Waals surface area contributed by atoms with E-state index in [4.69, 9.17) is 4.74 Å². The van der Waals surface area contributed by atoms with Crippen LogP contribution in [0.25, 0.3) is 0 Å². The maximum atomic E-state index is 12.8. The van der Waals surface area contributed by atoms with Crippen molar-refractivity contribution in [3.05, 3.63) is 29.8 Å². The fourth-order valence-corrected chi connectivity index (χ4v) is 5.26. The average molecular weight is 353 g/mol. The normalized spacial score (nSPS) is 23.9. The lowest BCUT2D eigenvalue weighted by Crippen LogP contribution is -2.40. The third kappa shape index (κ3) is 3.82. The van der Waals surface area contributed by atoms with Gasteiger partial charge in [-0.05, 0) is 43.0 Å². The van der Waals surface area contributed by atoms with Crippen molar-refractivity contribution in [2.24, 2.45) is 5.92 Å². The van der Waals surface area contributed by atoms with Gasteiger partial charge in [-0.3, -0.25) is 4.90 Å². The largest absolute Gasteiger partial charge is 0.379 e. The number of rotatable bonds is 5. The highest BCUT2D eigenvalue weighted by atomic mass is 32.2. The summed E-state index contributed by atoms with van der Waals surface area (Å²) >= 11 is 0. The summed E-state index contributed by atoms with van der Waals surface area (Å²) < 4.78 is 32.4. The molecule has 5 nitrogen and oxygen atoms in total. The van der Waals surface area contributed by atoms with Gasteiger partial charge in [-0.2, -0.15) is 4.31 Å². The minimum Gasteiger partial charge on any atom is -0.379 e. The number of morpholine rings is 1. The van der Waals surface area contributed by atoms with Gasteiger partial charge in [0.2, 0.25) is 10.0 Å². The van der Waals surface area contributed by atoms with E-state index in [1.165, 1.54) is 17.1 Å². The first-order chi connectivity index (χ1) is 11.5. The van der Waals surface area contributed by atoms with Crippen molar-refractivity contribution in [3.63, 3.8) is 0 Å². The summed E-state index contributed by atoms with van der Waals surface area (Å²) in [4.78, 5) is 2.90. The summed E-state index contributed by atoms with van der Waals surface area (Å²) in [6.07, 6.45) is 2.47. The molecule has 2 heterocycles. The number of hydrogen-bond donors (Lipinski definition) is 0. The van der Waals surface area contributed by atoms with E-state index in [1.54, 1.807) is 6.07 Å². The lowest BCUT2D eigenvalue weighted by Gasteiger charge is -2.28. The third-order valence-corrected chi connectivity index (χ3v) is 6.97. The van der Waals surface area contributed by atoms with Crippen molar-refractivity contribution in [2.45, 2.75) is 44.2 Å². The summed E-state index contributed by atoms with van der Waals surface area (Å²) in [6.45, 7) is 8.29. The summed E-state index contributed by atoms with van der Waals surface area (Å²) in [5.41, 5.74) is 1.08. The maximum absolute atomic E-state index is 12.8. The Hall–Kier alpha value is -0.950. The maximum Gasteiger partial charge on any atom is 0.243 e. The predicted molar refractivity (Wildman–Crippen MR) is 94.3 cm³/mol. The van der Waals surface area contributed by atoms with E-state index < -0.39 is 10.0 Å². The van der Waals surface area contributed by atoms with Crippen LogP contribution in [0.2, 0.25) is 0 Å². The molecule has 0 amide bonds. The summed E-state index contributed by atoms with van der Waals surface area (Å²) in [7, 11) is -3.41. The first-order valence-electron chi connectivity index (χ1n) is 8.89. The van der Waals surface area contributed by atoms with Crippen LogP contribution in [-0.4, -0.2) is 56.5 Å². The molecule has 24 heavy (non-hydrogen) atoms. The zero-order chi connectivity index (χ0) is 17.2. The van der Waals surface area contributed by atoms with E-state index in [9.17, 15) is 8.42 Å². The molecule has 2 aliphatic heterocycles. The molecule has 6 heteroatoms. The van der Waals surface area contributed by atoms with E-state index in [0.717, 1.165) is 18.7 Å². The number of sulfonamides is 1. The molecule has 134 valence electrons. The molecule has 0 spiro atoms. The Bertz CT molecular complexity index is 654. The van der Waals surface area contributed by atoms with Crippen molar-refractivity contribution in [2.75, 3.05) is 32.8 Å². The van der Waals surface area contributed by atoms with Gasteiger partial charge in [-0.25, -0.2) is 8.42 Å². The summed E-state index contributed by atoms with van der Waals surface area (Å²) in [6, 6.07) is 8.06. The van der Waals surface area contributed by atoms with E-state index in [-0.39, 0.29) is 0 Å². The van der Waals surface area contributed by atoms with Gasteiger partial charge in [0.15, 0.2) is 0 Å². The van der Waals surface area contributed by atoms with Crippen LogP contribution in [0.1, 0.15) is 32.3 Å². The fraction of sp³-hybridized carbons (Fsp3) is 0.667. The first kappa shape index (κ1) is 17.9. The molecule has 2 fully saturated rings. The Morgan fingerprint density at radius 3 is 2.67 bits per heavy atom. The van der Waals surface area contributed by atoms with Crippen molar-refractivity contribution in [3.8, 4) is 0 Å². The number of hydrogen-bond acceptors (Lipinski definition) is 4. The van der Waals surface area contributed by atoms with Crippen molar-refractivity contribution < 1.29 is 13.2 Å². The highest BCUT2D eigenvalue weighted by Crippen LogP contribution is 2.26. The molecule has 1 unspecified atom stereocenters. The molecule has 0 saturated carbocycles. The number of ether oxygens (including phenoxy) is 1. The third-order valence-electron chi connectivity index (χ3n) is 5.08. The molecule has 1 aromatic carbocycles. The Balaban J connectivity index is 1.76. The van der Waals surface area contributed by atoms with Crippen molar-refractivity contribution in [1.82, 2.24) is 9.21 Å². The van der Waals surface area contributed by atoms with E-state index in [2.05, 4.69) is 18.7 Å². The van der Waals surface area contributed by atoms with Gasteiger partial charge < -0.3 is 4.74 Å². The summed E-state index contributed by atoms with van der Waals surface area (Å²) in [5, 5.41) is 0. The summed E-state index contributed by atoms with van der Waals surface area (Å²) in [5.74, 6) is 0.632. The first-order valence-corrected chi connectivity index (χ1v) is 10.3. The standard InChI is InChI=1S/C18H28N2O3S/c1-15(2)18-7-4-8-19(18)14-16-5-3-6-17(13-16)24(21,22)20-9-11-23-12-10-20/h3,5-6,13,15,18H,4,7-12,14H2,1-2H3. The monoisotopic (exact) mass is 352 g/mol. The molecular weight excluding hydrogens is 324 g/mol.